The third kappa shape index (κ3) is 4.58. The molecule has 0 saturated heterocycles. The summed E-state index contributed by atoms with van der Waals surface area (Å²) in [4.78, 5) is 0. The van der Waals surface area contributed by atoms with Crippen LogP contribution in [0.25, 0.3) is 21.9 Å². The Balaban J connectivity index is 1.52. The monoisotopic (exact) mass is 438 g/mol. The highest BCUT2D eigenvalue weighted by Gasteiger charge is 2.23. The van der Waals surface area contributed by atoms with Gasteiger partial charge in [0, 0.05) is 5.56 Å². The molecule has 32 heavy (non-hydrogen) atoms. The van der Waals surface area contributed by atoms with Gasteiger partial charge in [0.2, 0.25) is 0 Å². The fourth-order valence-corrected chi connectivity index (χ4v) is 5.32. The molecule has 170 valence electrons. The number of hydrogen-bond donors (Lipinski definition) is 0. The predicted octanol–water partition coefficient (Wildman–Crippen LogP) is 9.34. The molecule has 0 radical (unpaired) electrons. The Morgan fingerprint density at radius 2 is 1.50 bits per heavy atom. The van der Waals surface area contributed by atoms with Crippen molar-refractivity contribution in [2.75, 3.05) is 0 Å². The average molecular weight is 439 g/mol. The van der Waals surface area contributed by atoms with Crippen molar-refractivity contribution in [1.29, 1.82) is 0 Å². The molecule has 3 heteroatoms. The van der Waals surface area contributed by atoms with E-state index in [1.165, 1.54) is 56.9 Å². The van der Waals surface area contributed by atoms with E-state index < -0.39 is 17.5 Å². The van der Waals surface area contributed by atoms with Gasteiger partial charge in [-0.25, -0.2) is 13.2 Å². The molecule has 0 unspecified atom stereocenters. The molecule has 0 atom stereocenters. The summed E-state index contributed by atoms with van der Waals surface area (Å²) < 4.78 is 44.2. The van der Waals surface area contributed by atoms with Crippen LogP contribution in [-0.4, -0.2) is 0 Å². The van der Waals surface area contributed by atoms with Gasteiger partial charge in [-0.2, -0.15) is 0 Å². The first-order valence-electron chi connectivity index (χ1n) is 12.2. The van der Waals surface area contributed by atoms with E-state index in [0.717, 1.165) is 5.92 Å². The molecule has 0 amide bonds. The van der Waals surface area contributed by atoms with Gasteiger partial charge < -0.3 is 0 Å². The maximum Gasteiger partial charge on any atom is 0.169 e. The molecule has 0 nitrogen and oxygen atoms in total. The molecule has 1 aliphatic carbocycles. The summed E-state index contributed by atoms with van der Waals surface area (Å²) in [7, 11) is 0. The fourth-order valence-electron chi connectivity index (χ4n) is 5.32. The van der Waals surface area contributed by atoms with Crippen LogP contribution >= 0.6 is 0 Å². The molecule has 0 bridgehead atoms. The zero-order chi connectivity index (χ0) is 22.7. The molecule has 1 aliphatic rings. The van der Waals surface area contributed by atoms with Gasteiger partial charge >= 0.3 is 0 Å². The molecule has 1 fully saturated rings. The van der Waals surface area contributed by atoms with E-state index in [2.05, 4.69) is 19.1 Å². The zero-order valence-electron chi connectivity index (χ0n) is 19.2. The van der Waals surface area contributed by atoms with Gasteiger partial charge in [0.15, 0.2) is 11.6 Å². The maximum absolute atomic E-state index is 15.3. The second-order valence-electron chi connectivity index (χ2n) is 9.38. The number of aryl methyl sites for hydroxylation is 1. The van der Waals surface area contributed by atoms with E-state index in [0.29, 0.717) is 28.9 Å². The van der Waals surface area contributed by atoms with Crippen LogP contribution in [0.2, 0.25) is 0 Å². The van der Waals surface area contributed by atoms with E-state index in [4.69, 9.17) is 0 Å². The lowest BCUT2D eigenvalue weighted by Gasteiger charge is -2.29. The lowest BCUT2D eigenvalue weighted by molar-refractivity contribution is 0.303. The topological polar surface area (TPSA) is 0 Å². The molecule has 4 rings (SSSR count). The molecular weight excluding hydrogens is 405 g/mol. The van der Waals surface area contributed by atoms with Gasteiger partial charge in [-0.15, -0.1) is 0 Å². The van der Waals surface area contributed by atoms with Crippen LogP contribution in [-0.2, 0) is 6.42 Å². The van der Waals surface area contributed by atoms with Crippen LogP contribution in [0.15, 0.2) is 42.5 Å². The second-order valence-corrected chi connectivity index (χ2v) is 9.38. The summed E-state index contributed by atoms with van der Waals surface area (Å²) in [5, 5.41) is 0.136. The molecular formula is C29H33F3. The maximum atomic E-state index is 15.3. The van der Waals surface area contributed by atoms with Gasteiger partial charge in [0.05, 0.1) is 5.39 Å². The van der Waals surface area contributed by atoms with Crippen LogP contribution in [0.5, 0.6) is 0 Å². The minimum atomic E-state index is -1.09. The zero-order valence-corrected chi connectivity index (χ0v) is 19.2. The average Bonchev–Trinajstić information content (AvgIpc) is 2.82. The van der Waals surface area contributed by atoms with Crippen molar-refractivity contribution in [2.45, 2.75) is 77.6 Å². The molecule has 0 N–H and O–H groups in total. The molecule has 3 aromatic carbocycles. The first kappa shape index (κ1) is 22.9. The number of rotatable bonds is 7. The molecule has 0 aliphatic heterocycles. The normalized spacial score (nSPS) is 18.9. The SMILES string of the molecule is CCCCCC1CCC(c2ccc(-c3ccc4cc(CC)c(F)c(F)c4c3F)cc2)CC1. The Bertz CT molecular complexity index is 1060. The lowest BCUT2D eigenvalue weighted by atomic mass is 9.77. The van der Waals surface area contributed by atoms with Gasteiger partial charge in [-0.3, -0.25) is 0 Å². The minimum absolute atomic E-state index is 0.261. The van der Waals surface area contributed by atoms with Crippen molar-refractivity contribution >= 4 is 10.8 Å². The van der Waals surface area contributed by atoms with E-state index in [-0.39, 0.29) is 10.9 Å². The third-order valence-corrected chi connectivity index (χ3v) is 7.33. The highest BCUT2D eigenvalue weighted by Crippen LogP contribution is 2.39. The van der Waals surface area contributed by atoms with Crippen LogP contribution < -0.4 is 0 Å². The summed E-state index contributed by atoms with van der Waals surface area (Å²) in [5.41, 5.74) is 2.57. The van der Waals surface area contributed by atoms with Crippen LogP contribution in [0.1, 0.15) is 82.3 Å². The van der Waals surface area contributed by atoms with Crippen molar-refractivity contribution in [3.05, 3.63) is 71.0 Å². The number of halogens is 3. The first-order chi connectivity index (χ1) is 15.5. The summed E-state index contributed by atoms with van der Waals surface area (Å²) in [6.07, 6.45) is 10.7. The smallest absolute Gasteiger partial charge is 0.169 e. The van der Waals surface area contributed by atoms with Crippen molar-refractivity contribution < 1.29 is 13.2 Å². The summed E-state index contributed by atoms with van der Waals surface area (Å²) in [5.74, 6) is -1.30. The van der Waals surface area contributed by atoms with Crippen molar-refractivity contribution in [1.82, 2.24) is 0 Å². The lowest BCUT2D eigenvalue weighted by Crippen LogP contribution is -2.13. The molecule has 1 saturated carbocycles. The Kier molecular flexibility index (Phi) is 7.23. The molecule has 0 aromatic heterocycles. The Morgan fingerprint density at radius 1 is 0.781 bits per heavy atom. The van der Waals surface area contributed by atoms with Crippen LogP contribution in [0.4, 0.5) is 13.2 Å². The largest absolute Gasteiger partial charge is 0.206 e. The van der Waals surface area contributed by atoms with Gasteiger partial charge in [0.25, 0.3) is 0 Å². The number of benzene rings is 3. The quantitative estimate of drug-likeness (QED) is 0.322. The predicted molar refractivity (Wildman–Crippen MR) is 127 cm³/mol. The third-order valence-electron chi connectivity index (χ3n) is 7.33. The van der Waals surface area contributed by atoms with Gasteiger partial charge in [0.1, 0.15) is 5.82 Å². The van der Waals surface area contributed by atoms with E-state index in [1.807, 2.05) is 12.1 Å². The van der Waals surface area contributed by atoms with Crippen LogP contribution in [0, 0.1) is 23.4 Å². The van der Waals surface area contributed by atoms with Crippen molar-refractivity contribution in [3.8, 4) is 11.1 Å². The fraction of sp³-hybridized carbons (Fsp3) is 0.448. The Hall–Kier alpha value is -2.29. The highest BCUT2D eigenvalue weighted by molar-refractivity contribution is 5.89. The van der Waals surface area contributed by atoms with Crippen molar-refractivity contribution in [2.24, 2.45) is 5.92 Å². The molecule has 0 heterocycles. The first-order valence-corrected chi connectivity index (χ1v) is 12.2. The van der Waals surface area contributed by atoms with Gasteiger partial charge in [-0.05, 0) is 72.1 Å². The van der Waals surface area contributed by atoms with E-state index >= 15 is 4.39 Å². The minimum Gasteiger partial charge on any atom is -0.206 e. The number of unbranched alkanes of at least 4 members (excludes halogenated alkanes) is 2. The summed E-state index contributed by atoms with van der Waals surface area (Å²) in [6.45, 7) is 4.01. The second kappa shape index (κ2) is 10.1. The van der Waals surface area contributed by atoms with Gasteiger partial charge in [-0.1, -0.05) is 75.9 Å². The Morgan fingerprint density at radius 3 is 2.16 bits per heavy atom. The number of hydrogen-bond acceptors (Lipinski definition) is 0. The Labute approximate surface area is 189 Å². The number of fused-ring (bicyclic) bond motifs is 1. The van der Waals surface area contributed by atoms with Crippen molar-refractivity contribution in [3.63, 3.8) is 0 Å². The summed E-state index contributed by atoms with van der Waals surface area (Å²) in [6, 6.07) is 12.9. The molecule has 0 spiro atoms. The van der Waals surface area contributed by atoms with E-state index in [9.17, 15) is 8.78 Å². The standard InChI is InChI=1S/C29H33F3/c1-3-5-6-7-19-8-10-21(11-9-19)22-12-14-23(15-13-22)25-17-16-24-18-20(4-2)27(30)29(32)26(24)28(25)31/h12-19,21H,3-11H2,1-2H3. The highest BCUT2D eigenvalue weighted by atomic mass is 19.2. The molecule has 3 aromatic rings. The van der Waals surface area contributed by atoms with E-state index in [1.54, 1.807) is 25.1 Å². The summed E-state index contributed by atoms with van der Waals surface area (Å²) >= 11 is 0. The van der Waals surface area contributed by atoms with Crippen LogP contribution in [0.3, 0.4) is 0 Å².